The first kappa shape index (κ1) is 16.4. The highest BCUT2D eigenvalue weighted by Crippen LogP contribution is 2.31. The van der Waals surface area contributed by atoms with Gasteiger partial charge in [-0.3, -0.25) is 4.79 Å². The fourth-order valence-electron chi connectivity index (χ4n) is 2.25. The van der Waals surface area contributed by atoms with Gasteiger partial charge in [0.05, 0.1) is 6.20 Å². The van der Waals surface area contributed by atoms with E-state index in [0.29, 0.717) is 11.4 Å². The molecule has 1 aromatic heterocycles. The Morgan fingerprint density at radius 3 is 3.10 bits per heavy atom. The number of carbonyl (C=O) groups is 1. The fourth-order valence-corrected chi connectivity index (χ4v) is 3.17. The highest BCUT2D eigenvalue weighted by molar-refractivity contribution is 7.13. The lowest BCUT2D eigenvalue weighted by Gasteiger charge is -2.21. The maximum atomic E-state index is 12.0. The summed E-state index contributed by atoms with van der Waals surface area (Å²) in [4.78, 5) is 17.0. The molecule has 1 unspecified atom stereocenters. The molecule has 1 amide bonds. The van der Waals surface area contributed by atoms with Crippen LogP contribution in [-0.4, -0.2) is 35.8 Å². The smallest absolute Gasteiger partial charge is 0.263 e. The van der Waals surface area contributed by atoms with Gasteiger partial charge in [-0.2, -0.15) is 0 Å². The number of aliphatic hydroxyl groups excluding tert-OH is 1. The number of thiazole rings is 1. The fraction of sp³-hybridized carbons (Fsp3) is 0.733. The van der Waals surface area contributed by atoms with Crippen molar-refractivity contribution in [1.82, 2.24) is 10.3 Å². The average Bonchev–Trinajstić information content (AvgIpc) is 3.13. The minimum atomic E-state index is -0.0812. The molecule has 0 spiro atoms. The third-order valence-electron chi connectivity index (χ3n) is 3.70. The summed E-state index contributed by atoms with van der Waals surface area (Å²) in [6, 6.07) is 0. The molecule has 1 atom stereocenters. The van der Waals surface area contributed by atoms with E-state index in [-0.39, 0.29) is 24.0 Å². The van der Waals surface area contributed by atoms with E-state index >= 15 is 0 Å². The van der Waals surface area contributed by atoms with Gasteiger partial charge in [-0.25, -0.2) is 4.98 Å². The first-order chi connectivity index (χ1) is 10.0. The molecule has 1 fully saturated rings. The molecule has 2 rings (SSSR count). The molecule has 1 aliphatic heterocycles. The van der Waals surface area contributed by atoms with E-state index in [1.807, 2.05) is 13.8 Å². The Kier molecular flexibility index (Phi) is 5.72. The number of ether oxygens (including phenoxy) is 1. The summed E-state index contributed by atoms with van der Waals surface area (Å²) in [5.74, 6) is -0.0708. The third kappa shape index (κ3) is 4.76. The number of aromatic nitrogens is 1. The Bertz CT molecular complexity index is 467. The van der Waals surface area contributed by atoms with E-state index in [0.717, 1.165) is 37.3 Å². The van der Waals surface area contributed by atoms with Gasteiger partial charge in [0.1, 0.15) is 16.0 Å². The molecule has 6 heteroatoms. The second kappa shape index (κ2) is 7.33. The van der Waals surface area contributed by atoms with E-state index in [9.17, 15) is 9.90 Å². The summed E-state index contributed by atoms with van der Waals surface area (Å²) in [6.45, 7) is 5.61. The maximum Gasteiger partial charge on any atom is 0.263 e. The standard InChI is InChI=1S/C15H24N2O3S/c1-15(2,10-18)6-4-7-16-13(19)12-9-17-14(21-12)11-5-3-8-20-11/h9,11,18H,3-8,10H2,1-2H3,(H,16,19). The van der Waals surface area contributed by atoms with Gasteiger partial charge in [0.15, 0.2) is 0 Å². The SMILES string of the molecule is CC(C)(CO)CCCNC(=O)c1cnc(C2CCCO2)s1. The zero-order chi connectivity index (χ0) is 15.3. The van der Waals surface area contributed by atoms with Crippen molar-refractivity contribution in [2.45, 2.75) is 45.6 Å². The highest BCUT2D eigenvalue weighted by Gasteiger charge is 2.22. The van der Waals surface area contributed by atoms with Gasteiger partial charge in [0.25, 0.3) is 5.91 Å². The predicted octanol–water partition coefficient (Wildman–Crippen LogP) is 2.52. The molecule has 1 aliphatic rings. The van der Waals surface area contributed by atoms with Crippen molar-refractivity contribution in [3.05, 3.63) is 16.1 Å². The Morgan fingerprint density at radius 2 is 2.43 bits per heavy atom. The van der Waals surface area contributed by atoms with Crippen molar-refractivity contribution in [3.8, 4) is 0 Å². The molecular formula is C15H24N2O3S. The van der Waals surface area contributed by atoms with Gasteiger partial charge in [-0.15, -0.1) is 11.3 Å². The van der Waals surface area contributed by atoms with Crippen LogP contribution in [0.2, 0.25) is 0 Å². The molecule has 2 heterocycles. The largest absolute Gasteiger partial charge is 0.396 e. The number of nitrogens with one attached hydrogen (secondary N) is 1. The van der Waals surface area contributed by atoms with Crippen LogP contribution < -0.4 is 5.32 Å². The van der Waals surface area contributed by atoms with E-state index in [1.54, 1.807) is 6.20 Å². The van der Waals surface area contributed by atoms with E-state index in [4.69, 9.17) is 4.74 Å². The van der Waals surface area contributed by atoms with Crippen LogP contribution in [0.25, 0.3) is 0 Å². The molecule has 5 nitrogen and oxygen atoms in total. The van der Waals surface area contributed by atoms with Gasteiger partial charge in [0, 0.05) is 19.8 Å². The van der Waals surface area contributed by atoms with Crippen LogP contribution in [0.4, 0.5) is 0 Å². The summed E-state index contributed by atoms with van der Waals surface area (Å²) in [6.07, 6.45) is 5.50. The van der Waals surface area contributed by atoms with Crippen molar-refractivity contribution in [2.75, 3.05) is 19.8 Å². The van der Waals surface area contributed by atoms with Crippen molar-refractivity contribution in [2.24, 2.45) is 5.41 Å². The van der Waals surface area contributed by atoms with Gasteiger partial charge >= 0.3 is 0 Å². The van der Waals surface area contributed by atoms with Crippen molar-refractivity contribution in [3.63, 3.8) is 0 Å². The molecule has 0 radical (unpaired) electrons. The Hall–Kier alpha value is -0.980. The minimum Gasteiger partial charge on any atom is -0.396 e. The number of rotatable bonds is 7. The Balaban J connectivity index is 1.76. The zero-order valence-electron chi connectivity index (χ0n) is 12.7. The number of hydrogen-bond acceptors (Lipinski definition) is 5. The molecular weight excluding hydrogens is 288 g/mol. The lowest BCUT2D eigenvalue weighted by molar-refractivity contribution is 0.0952. The molecule has 118 valence electrons. The van der Waals surface area contributed by atoms with E-state index in [1.165, 1.54) is 11.3 Å². The zero-order valence-corrected chi connectivity index (χ0v) is 13.5. The number of amides is 1. The van der Waals surface area contributed by atoms with E-state index < -0.39 is 0 Å². The molecule has 1 aromatic rings. The summed E-state index contributed by atoms with van der Waals surface area (Å²) in [7, 11) is 0. The molecule has 0 aromatic carbocycles. The topological polar surface area (TPSA) is 71.5 Å². The van der Waals surface area contributed by atoms with Gasteiger partial charge in [0.2, 0.25) is 0 Å². The van der Waals surface area contributed by atoms with Crippen LogP contribution in [0.5, 0.6) is 0 Å². The molecule has 21 heavy (non-hydrogen) atoms. The van der Waals surface area contributed by atoms with Crippen LogP contribution in [0, 0.1) is 5.41 Å². The Morgan fingerprint density at radius 1 is 1.62 bits per heavy atom. The molecule has 0 saturated carbocycles. The monoisotopic (exact) mass is 312 g/mol. The highest BCUT2D eigenvalue weighted by atomic mass is 32.1. The molecule has 1 saturated heterocycles. The average molecular weight is 312 g/mol. The van der Waals surface area contributed by atoms with Crippen LogP contribution in [-0.2, 0) is 4.74 Å². The molecule has 2 N–H and O–H groups in total. The summed E-state index contributed by atoms with van der Waals surface area (Å²) in [5.41, 5.74) is -0.0812. The normalized spacial score (nSPS) is 18.9. The quantitative estimate of drug-likeness (QED) is 0.759. The lowest BCUT2D eigenvalue weighted by atomic mass is 9.89. The lowest BCUT2D eigenvalue weighted by Crippen LogP contribution is -2.25. The number of aliphatic hydroxyl groups is 1. The molecule has 0 bridgehead atoms. The van der Waals surface area contributed by atoms with Crippen LogP contribution in [0.15, 0.2) is 6.20 Å². The van der Waals surface area contributed by atoms with Crippen molar-refractivity contribution < 1.29 is 14.6 Å². The van der Waals surface area contributed by atoms with Crippen LogP contribution >= 0.6 is 11.3 Å². The third-order valence-corrected chi connectivity index (χ3v) is 4.78. The van der Waals surface area contributed by atoms with Crippen LogP contribution in [0.1, 0.15) is 60.3 Å². The Labute approximate surface area is 129 Å². The van der Waals surface area contributed by atoms with Gasteiger partial charge < -0.3 is 15.2 Å². The van der Waals surface area contributed by atoms with Crippen molar-refractivity contribution >= 4 is 17.2 Å². The second-order valence-electron chi connectivity index (χ2n) is 6.25. The number of nitrogens with zero attached hydrogens (tertiary/aromatic N) is 1. The van der Waals surface area contributed by atoms with Gasteiger partial charge in [-0.05, 0) is 31.1 Å². The first-order valence-corrected chi connectivity index (χ1v) is 8.30. The van der Waals surface area contributed by atoms with Crippen molar-refractivity contribution in [1.29, 1.82) is 0 Å². The summed E-state index contributed by atoms with van der Waals surface area (Å²) in [5, 5.41) is 13.0. The first-order valence-electron chi connectivity index (χ1n) is 7.48. The second-order valence-corrected chi connectivity index (χ2v) is 7.31. The van der Waals surface area contributed by atoms with Gasteiger partial charge in [-0.1, -0.05) is 13.8 Å². The minimum absolute atomic E-state index is 0.0708. The van der Waals surface area contributed by atoms with Crippen LogP contribution in [0.3, 0.4) is 0 Å². The maximum absolute atomic E-state index is 12.0. The predicted molar refractivity (Wildman–Crippen MR) is 82.5 cm³/mol. The molecule has 0 aliphatic carbocycles. The van der Waals surface area contributed by atoms with E-state index in [2.05, 4.69) is 10.3 Å². The summed E-state index contributed by atoms with van der Waals surface area (Å²) >= 11 is 1.42. The summed E-state index contributed by atoms with van der Waals surface area (Å²) < 4.78 is 5.57. The number of hydrogen-bond donors (Lipinski definition) is 2. The number of carbonyl (C=O) groups excluding carboxylic acids is 1.